The van der Waals surface area contributed by atoms with E-state index >= 15 is 0 Å². The summed E-state index contributed by atoms with van der Waals surface area (Å²) in [6, 6.07) is 12.3. The Kier molecular flexibility index (Phi) is 7.89. The fourth-order valence-electron chi connectivity index (χ4n) is 5.13. The van der Waals surface area contributed by atoms with E-state index in [1.165, 1.54) is 11.8 Å². The number of halogens is 2. The lowest BCUT2D eigenvalue weighted by molar-refractivity contribution is -0.132. The summed E-state index contributed by atoms with van der Waals surface area (Å²) in [4.78, 5) is 27.6. The number of anilines is 3. The van der Waals surface area contributed by atoms with Gasteiger partial charge in [-0.05, 0) is 86.3 Å². The Balaban J connectivity index is 0.00000370. The van der Waals surface area contributed by atoms with E-state index in [0.717, 1.165) is 35.8 Å². The average Bonchev–Trinajstić information content (AvgIpc) is 2.94. The molecule has 0 spiro atoms. The molecule has 12 heteroatoms. The van der Waals surface area contributed by atoms with Gasteiger partial charge in [0.05, 0.1) is 4.90 Å². The minimum atomic E-state index is -3.85. The van der Waals surface area contributed by atoms with Gasteiger partial charge < -0.3 is 14.7 Å². The number of nitrogens with one attached hydrogen (secondary N) is 1. The molecule has 1 amide bonds. The van der Waals surface area contributed by atoms with Gasteiger partial charge in [-0.3, -0.25) is 9.52 Å². The lowest BCUT2D eigenvalue weighted by Crippen LogP contribution is -2.55. The zero-order chi connectivity index (χ0) is 27.7. The van der Waals surface area contributed by atoms with Gasteiger partial charge in [0.15, 0.2) is 0 Å². The number of nitrogens with zero attached hydrogens (tertiary/aromatic N) is 5. The Hall–Kier alpha value is -3.08. The van der Waals surface area contributed by atoms with Gasteiger partial charge in [-0.1, -0.05) is 11.6 Å². The predicted octanol–water partition coefficient (Wildman–Crippen LogP) is 4.63. The van der Waals surface area contributed by atoms with E-state index in [1.807, 2.05) is 30.0 Å². The molecule has 2 aliphatic heterocycles. The number of rotatable bonds is 6. The summed E-state index contributed by atoms with van der Waals surface area (Å²) in [5.41, 5.74) is 3.75. The molecule has 0 aliphatic carbocycles. The lowest BCUT2D eigenvalue weighted by atomic mass is 10.00. The minimum Gasteiger partial charge on any atom is -0.368 e. The highest BCUT2D eigenvalue weighted by molar-refractivity contribution is 7.92. The Morgan fingerprint density at radius 2 is 1.77 bits per heavy atom. The molecule has 0 bridgehead atoms. The molecule has 208 valence electrons. The van der Waals surface area contributed by atoms with Gasteiger partial charge in [0.1, 0.15) is 11.9 Å². The van der Waals surface area contributed by atoms with Crippen LogP contribution in [0.4, 0.5) is 17.2 Å². The van der Waals surface area contributed by atoms with E-state index in [0.29, 0.717) is 31.7 Å². The number of hydrogen-bond acceptors (Lipinski definition) is 7. The Labute approximate surface area is 240 Å². The number of carbonyl (C=O) groups excluding carboxylic acids is 1. The highest BCUT2D eigenvalue weighted by Gasteiger charge is 2.31. The fraction of sp³-hybridized carbons (Fsp3) is 0.370. The highest BCUT2D eigenvalue weighted by Crippen LogP contribution is 2.31. The smallest absolute Gasteiger partial charge is 0.263 e. The first kappa shape index (κ1) is 27.5. The molecule has 0 saturated carbocycles. The molecule has 5 rings (SSSR count). The Morgan fingerprint density at radius 3 is 2.49 bits per heavy atom. The van der Waals surface area contributed by atoms with Gasteiger partial charge in [0.25, 0.3) is 10.0 Å². The van der Waals surface area contributed by atoms with E-state index in [1.54, 1.807) is 31.2 Å². The van der Waals surface area contributed by atoms with Crippen molar-refractivity contribution < 1.29 is 14.6 Å². The zero-order valence-corrected chi connectivity index (χ0v) is 24.1. The van der Waals surface area contributed by atoms with Gasteiger partial charge in [-0.2, -0.15) is 4.98 Å². The van der Waals surface area contributed by atoms with Gasteiger partial charge >= 0.3 is 0 Å². The van der Waals surface area contributed by atoms with Crippen molar-refractivity contribution in [2.45, 2.75) is 37.6 Å². The van der Waals surface area contributed by atoms with Crippen LogP contribution in [0.2, 0.25) is 10.3 Å². The third kappa shape index (κ3) is 5.92. The van der Waals surface area contributed by atoms with Crippen molar-refractivity contribution in [1.82, 2.24) is 14.9 Å². The summed E-state index contributed by atoms with van der Waals surface area (Å²) < 4.78 is 28.2. The molecule has 1 aromatic heterocycles. The van der Waals surface area contributed by atoms with Crippen LogP contribution in [0.5, 0.6) is 0 Å². The molecular formula is C27H32Cl2N6O3S. The van der Waals surface area contributed by atoms with Crippen molar-refractivity contribution in [3.8, 4) is 0 Å². The molecule has 3 heterocycles. The first-order valence-electron chi connectivity index (χ1n) is 12.8. The number of fused-ring (bicyclic) bond motifs is 1. The van der Waals surface area contributed by atoms with Gasteiger partial charge in [0.2, 0.25) is 11.2 Å². The number of piperazine rings is 1. The van der Waals surface area contributed by atoms with Crippen LogP contribution in [0.1, 0.15) is 25.9 Å². The van der Waals surface area contributed by atoms with E-state index in [9.17, 15) is 13.2 Å². The van der Waals surface area contributed by atoms with E-state index < -0.39 is 10.0 Å². The van der Waals surface area contributed by atoms with Crippen molar-refractivity contribution in [3.05, 3.63) is 70.1 Å². The van der Waals surface area contributed by atoms with Crippen LogP contribution in [0.25, 0.3) is 0 Å². The fourth-order valence-corrected chi connectivity index (χ4v) is 6.53. The van der Waals surface area contributed by atoms with Crippen LogP contribution in [-0.4, -0.2) is 68.0 Å². The largest absolute Gasteiger partial charge is 0.368 e. The Morgan fingerprint density at radius 1 is 1.05 bits per heavy atom. The number of aromatic nitrogens is 2. The van der Waals surface area contributed by atoms with Crippen LogP contribution in [-0.2, 0) is 21.2 Å². The first-order valence-corrected chi connectivity index (χ1v) is 15.1. The summed E-state index contributed by atoms with van der Waals surface area (Å²) in [6.45, 7) is 7.03. The number of aryl methyl sites for hydroxylation is 2. The van der Waals surface area contributed by atoms with Crippen LogP contribution >= 0.6 is 23.2 Å². The molecule has 39 heavy (non-hydrogen) atoms. The molecule has 0 unspecified atom stereocenters. The molecular weight excluding hydrogens is 559 g/mol. The second-order valence-corrected chi connectivity index (χ2v) is 12.3. The Bertz CT molecular complexity index is 1480. The second-order valence-electron chi connectivity index (χ2n) is 9.83. The molecule has 1 N–H and O–H groups in total. The van der Waals surface area contributed by atoms with E-state index in [4.69, 9.17) is 23.2 Å². The molecule has 2 aliphatic rings. The number of hydrogen-bond donors (Lipinski definition) is 1. The highest BCUT2D eigenvalue weighted by atomic mass is 35.5. The van der Waals surface area contributed by atoms with E-state index in [-0.39, 0.29) is 29.4 Å². The quantitative estimate of drug-likeness (QED) is 0.418. The maximum Gasteiger partial charge on any atom is 0.263 e. The SMILES string of the molecule is Cc1cnc(Cl)nc1NS(=O)(=O)c1ccc(N2CCN(C(=O)[C@@H](C)N3CCCc4cc(Cl)ccc43)CC2)cc1.[HH]. The average molecular weight is 592 g/mol. The van der Waals surface area contributed by atoms with Crippen molar-refractivity contribution in [1.29, 1.82) is 0 Å². The molecule has 1 saturated heterocycles. The van der Waals surface area contributed by atoms with Crippen molar-refractivity contribution in [3.63, 3.8) is 0 Å². The predicted molar refractivity (Wildman–Crippen MR) is 157 cm³/mol. The monoisotopic (exact) mass is 590 g/mol. The third-order valence-electron chi connectivity index (χ3n) is 7.30. The lowest BCUT2D eigenvalue weighted by Gasteiger charge is -2.41. The minimum absolute atomic E-state index is 0. The van der Waals surface area contributed by atoms with Crippen molar-refractivity contribution in [2.24, 2.45) is 0 Å². The van der Waals surface area contributed by atoms with Crippen LogP contribution < -0.4 is 14.5 Å². The van der Waals surface area contributed by atoms with E-state index in [2.05, 4.69) is 24.5 Å². The standard InChI is InChI=1S/C27H30Cl2N6O3S.H2/c1-18-17-30-27(29)31-25(18)32-39(37,38)23-8-6-22(7-9-23)33-12-14-34(15-13-33)26(36)19(2)35-11-3-4-20-16-21(28)5-10-24(20)35;/h5-10,16-17,19H,3-4,11-15H2,1-2H3,(H,30,31,32);1H/t19-;/m1./s1. The maximum absolute atomic E-state index is 13.4. The number of amides is 1. The summed E-state index contributed by atoms with van der Waals surface area (Å²) in [6.07, 6.45) is 3.42. The topological polar surface area (TPSA) is 98.7 Å². The van der Waals surface area contributed by atoms with Crippen LogP contribution in [0.3, 0.4) is 0 Å². The molecule has 2 aromatic carbocycles. The summed E-state index contributed by atoms with van der Waals surface area (Å²) in [5, 5.41) is 0.685. The van der Waals surface area contributed by atoms with Gasteiger partial charge in [0, 0.05) is 62.3 Å². The number of benzene rings is 2. The normalized spacial score (nSPS) is 16.6. The van der Waals surface area contributed by atoms with Gasteiger partial charge in [-0.15, -0.1) is 0 Å². The summed E-state index contributed by atoms with van der Waals surface area (Å²) in [5.74, 6) is 0.260. The molecule has 3 aromatic rings. The molecule has 1 atom stereocenters. The van der Waals surface area contributed by atoms with Crippen molar-refractivity contribution >= 4 is 56.3 Å². The number of carbonyl (C=O) groups is 1. The maximum atomic E-state index is 13.4. The number of sulfonamides is 1. The van der Waals surface area contributed by atoms with Crippen molar-refractivity contribution in [2.75, 3.05) is 47.2 Å². The summed E-state index contributed by atoms with van der Waals surface area (Å²) >= 11 is 12.0. The second kappa shape index (κ2) is 11.2. The third-order valence-corrected chi connectivity index (χ3v) is 9.07. The summed E-state index contributed by atoms with van der Waals surface area (Å²) in [7, 11) is -3.85. The zero-order valence-electron chi connectivity index (χ0n) is 21.8. The van der Waals surface area contributed by atoms with Crippen LogP contribution in [0, 0.1) is 6.92 Å². The first-order chi connectivity index (χ1) is 18.6. The van der Waals surface area contributed by atoms with Gasteiger partial charge in [-0.25, -0.2) is 13.4 Å². The van der Waals surface area contributed by atoms with Crippen LogP contribution in [0.15, 0.2) is 53.6 Å². The molecule has 1 fully saturated rings. The molecule has 0 radical (unpaired) electrons. The molecule has 9 nitrogen and oxygen atoms in total.